The smallest absolute Gasteiger partial charge is 0.328 e. The van der Waals surface area contributed by atoms with Crippen LogP contribution in [0.4, 0.5) is 5.69 Å². The number of rotatable bonds is 8. The van der Waals surface area contributed by atoms with Crippen molar-refractivity contribution in [3.63, 3.8) is 0 Å². The van der Waals surface area contributed by atoms with E-state index in [1.807, 2.05) is 0 Å². The molecule has 0 saturated heterocycles. The Hall–Kier alpha value is -2.70. The molecule has 2 N–H and O–H groups in total. The third-order valence-electron chi connectivity index (χ3n) is 3.34. The van der Waals surface area contributed by atoms with Gasteiger partial charge in [0, 0.05) is 31.0 Å². The van der Waals surface area contributed by atoms with Crippen molar-refractivity contribution in [1.29, 1.82) is 0 Å². The molecule has 0 fully saturated rings. The summed E-state index contributed by atoms with van der Waals surface area (Å²) in [5.74, 6) is -1.34. The van der Waals surface area contributed by atoms with E-state index in [0.717, 1.165) is 0 Å². The second kappa shape index (κ2) is 9.44. The largest absolute Gasteiger partial charge is 0.467 e. The minimum absolute atomic E-state index is 0.00538. The Balaban J connectivity index is 2.81. The van der Waals surface area contributed by atoms with Crippen molar-refractivity contribution >= 4 is 29.3 Å². The molecule has 0 radical (unpaired) electrons. The molecule has 0 heterocycles. The van der Waals surface area contributed by atoms with Gasteiger partial charge in [-0.25, -0.2) is 4.79 Å². The molecule has 0 aromatic heterocycles. The predicted octanol–water partition coefficient (Wildman–Crippen LogP) is 1.68. The number of hydrogen-bond donors (Lipinski definition) is 2. The first-order chi connectivity index (χ1) is 11.4. The molecule has 0 saturated carbocycles. The molecule has 2 amide bonds. The zero-order chi connectivity index (χ0) is 18.1. The van der Waals surface area contributed by atoms with E-state index in [4.69, 9.17) is 0 Å². The normalized spacial score (nSPS) is 11.3. The number of ether oxygens (including phenoxy) is 1. The highest BCUT2D eigenvalue weighted by Crippen LogP contribution is 2.12. The van der Waals surface area contributed by atoms with Crippen LogP contribution in [-0.4, -0.2) is 36.7 Å². The number of methoxy groups -OCH3 is 1. The van der Waals surface area contributed by atoms with Crippen LogP contribution in [0.3, 0.4) is 0 Å². The van der Waals surface area contributed by atoms with Crippen LogP contribution >= 0.6 is 0 Å². The minimum atomic E-state index is -0.901. The highest BCUT2D eigenvalue weighted by molar-refractivity contribution is 5.98. The van der Waals surface area contributed by atoms with Crippen molar-refractivity contribution in [1.82, 2.24) is 5.32 Å². The van der Waals surface area contributed by atoms with E-state index in [1.54, 1.807) is 25.1 Å². The van der Waals surface area contributed by atoms with Gasteiger partial charge in [-0.2, -0.15) is 0 Å². The van der Waals surface area contributed by atoms with E-state index in [-0.39, 0.29) is 30.1 Å². The summed E-state index contributed by atoms with van der Waals surface area (Å²) in [4.78, 5) is 46.6. The second-order valence-corrected chi connectivity index (χ2v) is 5.24. The fraction of sp³-hybridized carbons (Fsp3) is 0.412. The summed E-state index contributed by atoms with van der Waals surface area (Å²) in [6, 6.07) is 5.43. The molecule has 1 atom stereocenters. The van der Waals surface area contributed by atoms with E-state index in [0.29, 0.717) is 12.1 Å². The molecule has 0 unspecified atom stereocenters. The Kier molecular flexibility index (Phi) is 7.61. The van der Waals surface area contributed by atoms with Crippen molar-refractivity contribution in [2.45, 2.75) is 39.2 Å². The molecule has 0 bridgehead atoms. The van der Waals surface area contributed by atoms with Crippen LogP contribution < -0.4 is 10.6 Å². The molecule has 24 heavy (non-hydrogen) atoms. The van der Waals surface area contributed by atoms with Gasteiger partial charge >= 0.3 is 5.97 Å². The Morgan fingerprint density at radius 1 is 1.21 bits per heavy atom. The number of benzene rings is 1. The van der Waals surface area contributed by atoms with E-state index < -0.39 is 17.9 Å². The monoisotopic (exact) mass is 334 g/mol. The van der Waals surface area contributed by atoms with Crippen LogP contribution in [0.25, 0.3) is 0 Å². The lowest BCUT2D eigenvalue weighted by molar-refractivity contribution is -0.143. The molecule has 7 heteroatoms. The van der Waals surface area contributed by atoms with E-state index in [2.05, 4.69) is 15.4 Å². The quantitative estimate of drug-likeness (QED) is 0.704. The molecule has 0 aliphatic rings. The third kappa shape index (κ3) is 6.20. The first-order valence-corrected chi connectivity index (χ1v) is 7.65. The number of carbonyl (C=O) groups excluding carboxylic acids is 4. The van der Waals surface area contributed by atoms with Crippen molar-refractivity contribution in [2.75, 3.05) is 12.4 Å². The molecule has 130 valence electrons. The number of carbonyl (C=O) groups is 4. The molecule has 1 aromatic rings. The first kappa shape index (κ1) is 19.3. The van der Waals surface area contributed by atoms with E-state index >= 15 is 0 Å². The van der Waals surface area contributed by atoms with Gasteiger partial charge in [0.2, 0.25) is 5.91 Å². The number of esters is 1. The van der Waals surface area contributed by atoms with Crippen molar-refractivity contribution in [2.24, 2.45) is 0 Å². The van der Waals surface area contributed by atoms with Crippen LogP contribution in [0, 0.1) is 0 Å². The summed E-state index contributed by atoms with van der Waals surface area (Å²) in [5.41, 5.74) is 0.767. The number of ketones is 1. The fourth-order valence-corrected chi connectivity index (χ4v) is 2.06. The molecule has 1 aromatic carbocycles. The van der Waals surface area contributed by atoms with Gasteiger partial charge < -0.3 is 15.4 Å². The number of Topliss-reactive ketones (excluding diaryl/α,β-unsaturated/α-hetero) is 1. The number of nitrogens with one attached hydrogen (secondary N) is 2. The molecule has 0 spiro atoms. The zero-order valence-electron chi connectivity index (χ0n) is 14.0. The Morgan fingerprint density at radius 3 is 2.50 bits per heavy atom. The van der Waals surface area contributed by atoms with E-state index in [9.17, 15) is 19.2 Å². The van der Waals surface area contributed by atoms with Crippen LogP contribution in [0.5, 0.6) is 0 Å². The Labute approximate surface area is 140 Å². The molecular weight excluding hydrogens is 312 g/mol. The maximum absolute atomic E-state index is 12.3. The Morgan fingerprint density at radius 2 is 1.92 bits per heavy atom. The van der Waals surface area contributed by atoms with E-state index in [1.165, 1.54) is 20.1 Å². The third-order valence-corrected chi connectivity index (χ3v) is 3.34. The maximum atomic E-state index is 12.3. The van der Waals surface area contributed by atoms with Crippen LogP contribution in [0.15, 0.2) is 24.3 Å². The summed E-state index contributed by atoms with van der Waals surface area (Å²) >= 11 is 0. The molecule has 0 aliphatic heterocycles. The standard InChI is InChI=1S/C17H22N2O5/c1-4-14(21)8-9-15(17(23)24-3)19-16(22)12-6-5-7-13(10-12)18-11(2)20/h5-7,10,15H,4,8-9H2,1-3H3,(H,18,20)(H,19,22)/t15-/m1/s1. The van der Waals surface area contributed by atoms with Gasteiger partial charge in [0.05, 0.1) is 7.11 Å². The second-order valence-electron chi connectivity index (χ2n) is 5.24. The lowest BCUT2D eigenvalue weighted by Crippen LogP contribution is -2.41. The SMILES string of the molecule is CCC(=O)CC[C@@H](NC(=O)c1cccc(NC(C)=O)c1)C(=O)OC. The number of amides is 2. The topological polar surface area (TPSA) is 102 Å². The van der Waals surface area contributed by atoms with Crippen LogP contribution in [0.2, 0.25) is 0 Å². The van der Waals surface area contributed by atoms with Crippen LogP contribution in [0.1, 0.15) is 43.5 Å². The lowest BCUT2D eigenvalue weighted by atomic mass is 10.1. The van der Waals surface area contributed by atoms with Crippen molar-refractivity contribution in [3.8, 4) is 0 Å². The minimum Gasteiger partial charge on any atom is -0.467 e. The van der Waals surface area contributed by atoms with Gasteiger partial charge in [0.25, 0.3) is 5.91 Å². The van der Waals surface area contributed by atoms with Gasteiger partial charge in [-0.1, -0.05) is 13.0 Å². The lowest BCUT2D eigenvalue weighted by Gasteiger charge is -2.16. The summed E-state index contributed by atoms with van der Waals surface area (Å²) in [5, 5.41) is 5.15. The highest BCUT2D eigenvalue weighted by atomic mass is 16.5. The van der Waals surface area contributed by atoms with Crippen molar-refractivity contribution in [3.05, 3.63) is 29.8 Å². The summed E-state index contributed by atoms with van der Waals surface area (Å²) in [7, 11) is 1.22. The van der Waals surface area contributed by atoms with Gasteiger partial charge in [0.15, 0.2) is 0 Å². The summed E-state index contributed by atoms with van der Waals surface area (Å²) < 4.78 is 4.67. The maximum Gasteiger partial charge on any atom is 0.328 e. The van der Waals surface area contributed by atoms with Crippen molar-refractivity contribution < 1.29 is 23.9 Å². The number of hydrogen-bond acceptors (Lipinski definition) is 5. The Bertz CT molecular complexity index is 627. The van der Waals surface area contributed by atoms with Gasteiger partial charge in [-0.15, -0.1) is 0 Å². The molecule has 1 rings (SSSR count). The molecule has 7 nitrogen and oxygen atoms in total. The molecule has 0 aliphatic carbocycles. The average molecular weight is 334 g/mol. The summed E-state index contributed by atoms with van der Waals surface area (Å²) in [6.45, 7) is 3.10. The predicted molar refractivity (Wildman–Crippen MR) is 88.5 cm³/mol. The highest BCUT2D eigenvalue weighted by Gasteiger charge is 2.23. The number of anilines is 1. The van der Waals surface area contributed by atoms with Crippen LogP contribution in [-0.2, 0) is 19.1 Å². The van der Waals surface area contributed by atoms with Gasteiger partial charge in [-0.3, -0.25) is 14.4 Å². The fourth-order valence-electron chi connectivity index (χ4n) is 2.06. The average Bonchev–Trinajstić information content (AvgIpc) is 2.56. The molecular formula is C17H22N2O5. The van der Waals surface area contributed by atoms with Gasteiger partial charge in [-0.05, 0) is 24.6 Å². The summed E-state index contributed by atoms with van der Waals surface area (Å²) in [6.07, 6.45) is 0.736. The zero-order valence-corrected chi connectivity index (χ0v) is 14.0. The van der Waals surface area contributed by atoms with Gasteiger partial charge in [0.1, 0.15) is 11.8 Å². The first-order valence-electron chi connectivity index (χ1n) is 7.65.